The van der Waals surface area contributed by atoms with E-state index in [4.69, 9.17) is 12.2 Å². The molecule has 2 aromatic heterocycles. The van der Waals surface area contributed by atoms with Crippen LogP contribution in [0.4, 0.5) is 11.4 Å². The van der Waals surface area contributed by atoms with Crippen molar-refractivity contribution in [3.05, 3.63) is 74.9 Å². The van der Waals surface area contributed by atoms with Crippen molar-refractivity contribution in [2.45, 2.75) is 25.9 Å². The number of rotatable bonds is 4. The third-order valence-electron chi connectivity index (χ3n) is 5.38. The Kier molecular flexibility index (Phi) is 5.52. The average molecular weight is 517 g/mol. The highest BCUT2D eigenvalue weighted by atomic mass is 127. The summed E-state index contributed by atoms with van der Waals surface area (Å²) in [4.78, 5) is 12.5. The Morgan fingerprint density at radius 2 is 1.79 bits per heavy atom. The molecule has 0 saturated carbocycles. The number of benzene rings is 1. The highest BCUT2D eigenvalue weighted by molar-refractivity contribution is 14.1. The van der Waals surface area contributed by atoms with E-state index in [1.807, 2.05) is 32.4 Å². The van der Waals surface area contributed by atoms with Gasteiger partial charge in [0.25, 0.3) is 0 Å². The minimum atomic E-state index is -0.0281. The van der Waals surface area contributed by atoms with Gasteiger partial charge in [0, 0.05) is 52.2 Å². The minimum absolute atomic E-state index is 0.0134. The van der Waals surface area contributed by atoms with Gasteiger partial charge in [0.1, 0.15) is 0 Å². The van der Waals surface area contributed by atoms with Gasteiger partial charge in [-0.25, -0.2) is 0 Å². The van der Waals surface area contributed by atoms with E-state index in [0.29, 0.717) is 0 Å². The molecule has 0 spiro atoms. The van der Waals surface area contributed by atoms with E-state index in [-0.39, 0.29) is 12.1 Å². The third kappa shape index (κ3) is 3.61. The number of nitrogens with zero attached hydrogens (tertiary/aromatic N) is 3. The van der Waals surface area contributed by atoms with E-state index in [0.717, 1.165) is 22.2 Å². The number of anilines is 2. The van der Waals surface area contributed by atoms with Crippen molar-refractivity contribution in [3.63, 3.8) is 0 Å². The quantitative estimate of drug-likeness (QED) is 0.382. The molecule has 0 unspecified atom stereocenters. The molecule has 150 valence electrons. The fourth-order valence-electron chi connectivity index (χ4n) is 3.96. The molecule has 7 heteroatoms. The number of aromatic nitrogens is 2. The van der Waals surface area contributed by atoms with E-state index in [1.54, 1.807) is 0 Å². The van der Waals surface area contributed by atoms with E-state index in [2.05, 4.69) is 91.9 Å². The Balaban J connectivity index is 1.85. The largest absolute Gasteiger partial charge is 0.378 e. The fourth-order valence-corrected chi connectivity index (χ4v) is 5.16. The SMILES string of the molecule is Cc1[nH]c(C)c([C@H]2[C@H](c3ccccn3)NC(=S)N2c2ccc(N(C)C)cc2)c1I. The highest BCUT2D eigenvalue weighted by Gasteiger charge is 2.42. The minimum Gasteiger partial charge on any atom is -0.378 e. The standard InChI is InChI=1S/C22H24IN5S/c1-13-18(19(23)14(2)25-13)21-20(17-7-5-6-12-24-17)26-22(29)28(21)16-10-8-15(9-11-16)27(3)4/h5-12,20-21,25H,1-4H3,(H,26,29)/t20-,21-/m0/s1. The Hall–Kier alpha value is -2.13. The predicted molar refractivity (Wildman–Crippen MR) is 132 cm³/mol. The molecule has 1 aliphatic rings. The van der Waals surface area contributed by atoms with Crippen molar-refractivity contribution in [2.75, 3.05) is 23.9 Å². The summed E-state index contributed by atoms with van der Waals surface area (Å²) in [6.45, 7) is 4.25. The number of halogens is 1. The molecular formula is C22H24IN5S. The van der Waals surface area contributed by atoms with E-state index >= 15 is 0 Å². The molecule has 2 N–H and O–H groups in total. The third-order valence-corrected chi connectivity index (χ3v) is 7.09. The van der Waals surface area contributed by atoms with Crippen LogP contribution in [0.5, 0.6) is 0 Å². The van der Waals surface area contributed by atoms with Crippen molar-refractivity contribution in [1.29, 1.82) is 0 Å². The molecule has 0 radical (unpaired) electrons. The lowest BCUT2D eigenvalue weighted by Gasteiger charge is -2.29. The molecule has 1 fully saturated rings. The van der Waals surface area contributed by atoms with Gasteiger partial charge in [-0.15, -0.1) is 0 Å². The van der Waals surface area contributed by atoms with Crippen LogP contribution in [0.2, 0.25) is 0 Å². The van der Waals surface area contributed by atoms with Gasteiger partial charge in [0.2, 0.25) is 0 Å². The Labute approximate surface area is 190 Å². The van der Waals surface area contributed by atoms with Gasteiger partial charge >= 0.3 is 0 Å². The lowest BCUT2D eigenvalue weighted by atomic mass is 9.96. The molecule has 1 aromatic carbocycles. The Bertz CT molecular complexity index is 1030. The summed E-state index contributed by atoms with van der Waals surface area (Å²) in [5.41, 5.74) is 6.83. The van der Waals surface area contributed by atoms with Crippen molar-refractivity contribution in [2.24, 2.45) is 0 Å². The topological polar surface area (TPSA) is 47.2 Å². The fraction of sp³-hybridized carbons (Fsp3) is 0.273. The van der Waals surface area contributed by atoms with Crippen LogP contribution in [0, 0.1) is 17.4 Å². The zero-order chi connectivity index (χ0) is 20.7. The van der Waals surface area contributed by atoms with Gasteiger partial charge in [0.05, 0.1) is 17.8 Å². The first-order chi connectivity index (χ1) is 13.9. The van der Waals surface area contributed by atoms with E-state index < -0.39 is 0 Å². The molecular weight excluding hydrogens is 493 g/mol. The second kappa shape index (κ2) is 7.95. The second-order valence-electron chi connectivity index (χ2n) is 7.51. The van der Waals surface area contributed by atoms with Crippen LogP contribution < -0.4 is 15.1 Å². The van der Waals surface area contributed by atoms with Crippen LogP contribution >= 0.6 is 34.8 Å². The monoisotopic (exact) mass is 517 g/mol. The normalized spacial score (nSPS) is 18.8. The van der Waals surface area contributed by atoms with Gasteiger partial charge in [-0.05, 0) is 85.1 Å². The first kappa shape index (κ1) is 20.2. The number of aromatic amines is 1. The molecule has 1 aliphatic heterocycles. The zero-order valence-electron chi connectivity index (χ0n) is 16.9. The summed E-state index contributed by atoms with van der Waals surface area (Å²) in [6.07, 6.45) is 1.84. The molecule has 5 nitrogen and oxygen atoms in total. The van der Waals surface area contributed by atoms with Gasteiger partial charge in [0.15, 0.2) is 5.11 Å². The maximum atomic E-state index is 5.82. The molecule has 0 aliphatic carbocycles. The molecule has 29 heavy (non-hydrogen) atoms. The number of hydrogen-bond donors (Lipinski definition) is 2. The van der Waals surface area contributed by atoms with Gasteiger partial charge in [-0.2, -0.15) is 0 Å². The summed E-state index contributed by atoms with van der Waals surface area (Å²) in [5, 5.41) is 4.26. The van der Waals surface area contributed by atoms with Gasteiger partial charge in [-0.3, -0.25) is 4.98 Å². The number of thiocarbonyl (C=S) groups is 1. The molecule has 0 amide bonds. The molecule has 2 atom stereocenters. The molecule has 3 heterocycles. The van der Waals surface area contributed by atoms with Gasteiger partial charge in [-0.1, -0.05) is 6.07 Å². The first-order valence-corrected chi connectivity index (χ1v) is 11.0. The molecule has 3 aromatic rings. The first-order valence-electron chi connectivity index (χ1n) is 9.51. The van der Waals surface area contributed by atoms with Crippen molar-refractivity contribution in [3.8, 4) is 0 Å². The Morgan fingerprint density at radius 3 is 2.34 bits per heavy atom. The lowest BCUT2D eigenvalue weighted by molar-refractivity contribution is 0.564. The molecule has 1 saturated heterocycles. The van der Waals surface area contributed by atoms with E-state index in [1.165, 1.54) is 20.5 Å². The van der Waals surface area contributed by atoms with Crippen molar-refractivity contribution < 1.29 is 0 Å². The van der Waals surface area contributed by atoms with Crippen molar-refractivity contribution in [1.82, 2.24) is 15.3 Å². The van der Waals surface area contributed by atoms with Gasteiger partial charge < -0.3 is 20.1 Å². The van der Waals surface area contributed by atoms with Crippen LogP contribution in [0.1, 0.15) is 34.7 Å². The summed E-state index contributed by atoms with van der Waals surface area (Å²) in [6, 6.07) is 14.6. The summed E-state index contributed by atoms with van der Waals surface area (Å²) >= 11 is 8.26. The number of nitrogens with one attached hydrogen (secondary N) is 2. The maximum Gasteiger partial charge on any atom is 0.174 e. The second-order valence-corrected chi connectivity index (χ2v) is 8.98. The highest BCUT2D eigenvalue weighted by Crippen LogP contribution is 2.44. The van der Waals surface area contributed by atoms with Crippen LogP contribution in [0.15, 0.2) is 48.7 Å². The smallest absolute Gasteiger partial charge is 0.174 e. The molecule has 4 rings (SSSR count). The van der Waals surface area contributed by atoms with Crippen LogP contribution in [-0.4, -0.2) is 29.2 Å². The van der Waals surface area contributed by atoms with Crippen LogP contribution in [0.3, 0.4) is 0 Å². The zero-order valence-corrected chi connectivity index (χ0v) is 19.9. The number of aryl methyl sites for hydroxylation is 2. The maximum absolute atomic E-state index is 5.82. The van der Waals surface area contributed by atoms with Crippen LogP contribution in [0.25, 0.3) is 0 Å². The average Bonchev–Trinajstić information content (AvgIpc) is 3.17. The summed E-state index contributed by atoms with van der Waals surface area (Å²) in [5.74, 6) is 0. The molecule has 0 bridgehead atoms. The number of H-pyrrole nitrogens is 1. The Morgan fingerprint density at radius 1 is 1.07 bits per heavy atom. The van der Waals surface area contributed by atoms with Crippen LogP contribution in [-0.2, 0) is 0 Å². The summed E-state index contributed by atoms with van der Waals surface area (Å²) in [7, 11) is 4.09. The lowest BCUT2D eigenvalue weighted by Crippen LogP contribution is -2.29. The number of hydrogen-bond acceptors (Lipinski definition) is 3. The number of pyridine rings is 1. The van der Waals surface area contributed by atoms with E-state index in [9.17, 15) is 0 Å². The summed E-state index contributed by atoms with van der Waals surface area (Å²) < 4.78 is 1.24. The van der Waals surface area contributed by atoms with Crippen molar-refractivity contribution >= 4 is 51.3 Å². The predicted octanol–water partition coefficient (Wildman–Crippen LogP) is 4.87.